The maximum atomic E-state index is 12.3. The first kappa shape index (κ1) is 19.1. The molecule has 0 bridgehead atoms. The SMILES string of the molecule is CC(CC(=O)Nc1ccc2c(c1)NC(=O)CS2)C1CCNCC1.Cl. The first-order valence-corrected chi connectivity index (χ1v) is 9.17. The van der Waals surface area contributed by atoms with Crippen molar-refractivity contribution in [2.45, 2.75) is 31.1 Å². The molecule has 0 saturated carbocycles. The number of amides is 2. The lowest BCUT2D eigenvalue weighted by atomic mass is 9.84. The third-order valence-corrected chi connectivity index (χ3v) is 5.67. The van der Waals surface area contributed by atoms with Crippen LogP contribution in [0.15, 0.2) is 23.1 Å². The van der Waals surface area contributed by atoms with Gasteiger partial charge >= 0.3 is 0 Å². The van der Waals surface area contributed by atoms with Crippen LogP contribution < -0.4 is 16.0 Å². The highest BCUT2D eigenvalue weighted by atomic mass is 35.5. The molecule has 1 saturated heterocycles. The van der Waals surface area contributed by atoms with Crippen molar-refractivity contribution in [3.63, 3.8) is 0 Å². The van der Waals surface area contributed by atoms with Crippen LogP contribution in [0.3, 0.4) is 0 Å². The topological polar surface area (TPSA) is 70.2 Å². The number of anilines is 2. The number of rotatable bonds is 4. The molecule has 7 heteroatoms. The van der Waals surface area contributed by atoms with Gasteiger partial charge in [-0.05, 0) is 56.0 Å². The quantitative estimate of drug-likeness (QED) is 0.762. The maximum Gasteiger partial charge on any atom is 0.234 e. The number of piperidine rings is 1. The minimum absolute atomic E-state index is 0. The van der Waals surface area contributed by atoms with Gasteiger partial charge in [-0.3, -0.25) is 9.59 Å². The molecule has 2 aliphatic heterocycles. The van der Waals surface area contributed by atoms with Crippen LogP contribution >= 0.6 is 24.2 Å². The molecule has 1 fully saturated rings. The van der Waals surface area contributed by atoms with Crippen LogP contribution in [0.25, 0.3) is 0 Å². The lowest BCUT2D eigenvalue weighted by Gasteiger charge is -2.28. The van der Waals surface area contributed by atoms with Crippen molar-refractivity contribution in [3.8, 4) is 0 Å². The van der Waals surface area contributed by atoms with Crippen LogP contribution in [0.2, 0.25) is 0 Å². The Labute approximate surface area is 153 Å². The molecule has 1 unspecified atom stereocenters. The van der Waals surface area contributed by atoms with E-state index in [9.17, 15) is 9.59 Å². The van der Waals surface area contributed by atoms with Gasteiger partial charge in [-0.2, -0.15) is 0 Å². The van der Waals surface area contributed by atoms with E-state index in [0.29, 0.717) is 24.0 Å². The number of benzene rings is 1. The first-order chi connectivity index (χ1) is 11.1. The van der Waals surface area contributed by atoms with E-state index in [4.69, 9.17) is 0 Å². The summed E-state index contributed by atoms with van der Waals surface area (Å²) in [6, 6.07) is 5.69. The standard InChI is InChI=1S/C17H23N3O2S.ClH/c1-11(12-4-6-18-7-5-12)8-16(21)19-13-2-3-15-14(9-13)20-17(22)10-23-15;/h2-3,9,11-12,18H,4-8,10H2,1H3,(H,19,21)(H,20,22);1H. The average Bonchev–Trinajstić information content (AvgIpc) is 2.55. The fourth-order valence-corrected chi connectivity index (χ4v) is 4.03. The van der Waals surface area contributed by atoms with Crippen LogP contribution in [0, 0.1) is 11.8 Å². The van der Waals surface area contributed by atoms with Gasteiger partial charge in [0.15, 0.2) is 0 Å². The predicted octanol–water partition coefficient (Wildman–Crippen LogP) is 3.12. The van der Waals surface area contributed by atoms with Gasteiger partial charge in [-0.25, -0.2) is 0 Å². The van der Waals surface area contributed by atoms with Crippen LogP contribution in [-0.4, -0.2) is 30.7 Å². The molecule has 0 radical (unpaired) electrons. The lowest BCUT2D eigenvalue weighted by molar-refractivity contribution is -0.117. The van der Waals surface area contributed by atoms with Gasteiger partial charge in [0.2, 0.25) is 11.8 Å². The zero-order valence-electron chi connectivity index (χ0n) is 13.8. The van der Waals surface area contributed by atoms with Crippen molar-refractivity contribution in [1.82, 2.24) is 5.32 Å². The van der Waals surface area contributed by atoms with Crippen molar-refractivity contribution < 1.29 is 9.59 Å². The van der Waals surface area contributed by atoms with E-state index in [0.717, 1.165) is 42.2 Å². The number of fused-ring (bicyclic) bond motifs is 1. The lowest BCUT2D eigenvalue weighted by Crippen LogP contribution is -2.32. The second-order valence-electron chi connectivity index (χ2n) is 6.36. The number of nitrogens with one attached hydrogen (secondary N) is 3. The Balaban J connectivity index is 0.00000208. The highest BCUT2D eigenvalue weighted by Crippen LogP contribution is 2.33. The molecular weight excluding hydrogens is 346 g/mol. The normalized spacial score (nSPS) is 18.8. The predicted molar refractivity (Wildman–Crippen MR) is 101 cm³/mol. The summed E-state index contributed by atoms with van der Waals surface area (Å²) < 4.78 is 0. The molecule has 1 aromatic carbocycles. The number of halogens is 1. The van der Waals surface area contributed by atoms with Gasteiger partial charge in [0, 0.05) is 17.0 Å². The molecule has 1 atom stereocenters. The fraction of sp³-hybridized carbons (Fsp3) is 0.529. The summed E-state index contributed by atoms with van der Waals surface area (Å²) in [5, 5.41) is 9.17. The number of thioether (sulfide) groups is 1. The second-order valence-corrected chi connectivity index (χ2v) is 7.38. The zero-order valence-corrected chi connectivity index (χ0v) is 15.4. The first-order valence-electron chi connectivity index (χ1n) is 8.19. The molecule has 2 aliphatic rings. The summed E-state index contributed by atoms with van der Waals surface area (Å²) >= 11 is 1.52. The van der Waals surface area contributed by atoms with Gasteiger partial charge < -0.3 is 16.0 Å². The van der Waals surface area contributed by atoms with Crippen LogP contribution in [-0.2, 0) is 9.59 Å². The molecule has 132 valence electrons. The average molecular weight is 370 g/mol. The van der Waals surface area contributed by atoms with E-state index >= 15 is 0 Å². The van der Waals surface area contributed by atoms with E-state index in [2.05, 4.69) is 22.9 Å². The molecule has 3 N–H and O–H groups in total. The Morgan fingerprint density at radius 1 is 1.38 bits per heavy atom. The summed E-state index contributed by atoms with van der Waals surface area (Å²) in [4.78, 5) is 24.8. The summed E-state index contributed by atoms with van der Waals surface area (Å²) in [6.45, 7) is 4.27. The van der Waals surface area contributed by atoms with Gasteiger partial charge in [-0.1, -0.05) is 6.92 Å². The van der Waals surface area contributed by atoms with Crippen molar-refractivity contribution in [2.24, 2.45) is 11.8 Å². The van der Waals surface area contributed by atoms with Crippen molar-refractivity contribution >= 4 is 47.4 Å². The number of hydrogen-bond donors (Lipinski definition) is 3. The smallest absolute Gasteiger partial charge is 0.234 e. The van der Waals surface area contributed by atoms with E-state index in [1.54, 1.807) is 0 Å². The Morgan fingerprint density at radius 2 is 2.12 bits per heavy atom. The summed E-state index contributed by atoms with van der Waals surface area (Å²) in [6.07, 6.45) is 2.84. The molecule has 2 amide bonds. The zero-order chi connectivity index (χ0) is 16.2. The monoisotopic (exact) mass is 369 g/mol. The van der Waals surface area contributed by atoms with Crippen LogP contribution in [0.1, 0.15) is 26.2 Å². The second kappa shape index (κ2) is 8.74. The van der Waals surface area contributed by atoms with E-state index < -0.39 is 0 Å². The third-order valence-electron chi connectivity index (χ3n) is 4.59. The molecule has 3 rings (SSSR count). The Kier molecular flexibility index (Phi) is 6.95. The Hall–Kier alpha value is -1.24. The molecule has 2 heterocycles. The van der Waals surface area contributed by atoms with Crippen LogP contribution in [0.4, 0.5) is 11.4 Å². The van der Waals surface area contributed by atoms with Crippen LogP contribution in [0.5, 0.6) is 0 Å². The largest absolute Gasteiger partial charge is 0.326 e. The molecule has 0 spiro atoms. The Morgan fingerprint density at radius 3 is 2.88 bits per heavy atom. The molecule has 0 aliphatic carbocycles. The van der Waals surface area contributed by atoms with Gasteiger partial charge in [0.1, 0.15) is 0 Å². The molecule has 5 nitrogen and oxygen atoms in total. The molecular formula is C17H24ClN3O2S. The van der Waals surface area contributed by atoms with Gasteiger partial charge in [0.05, 0.1) is 11.4 Å². The molecule has 0 aromatic heterocycles. The van der Waals surface area contributed by atoms with Gasteiger partial charge in [-0.15, -0.1) is 24.2 Å². The third kappa shape index (κ3) is 4.88. The maximum absolute atomic E-state index is 12.3. The van der Waals surface area contributed by atoms with E-state index in [1.807, 2.05) is 18.2 Å². The Bertz CT molecular complexity index is 605. The minimum Gasteiger partial charge on any atom is -0.326 e. The fourth-order valence-electron chi connectivity index (χ4n) is 3.25. The number of carbonyl (C=O) groups excluding carboxylic acids is 2. The van der Waals surface area contributed by atoms with E-state index in [1.165, 1.54) is 11.8 Å². The molecule has 1 aromatic rings. The van der Waals surface area contributed by atoms with Gasteiger partial charge in [0.25, 0.3) is 0 Å². The van der Waals surface area contributed by atoms with Crippen molar-refractivity contribution in [3.05, 3.63) is 18.2 Å². The summed E-state index contributed by atoms with van der Waals surface area (Å²) in [7, 11) is 0. The minimum atomic E-state index is 0. The number of carbonyl (C=O) groups is 2. The molecule has 24 heavy (non-hydrogen) atoms. The van der Waals surface area contributed by atoms with Crippen molar-refractivity contribution in [2.75, 3.05) is 29.5 Å². The van der Waals surface area contributed by atoms with Crippen molar-refractivity contribution in [1.29, 1.82) is 0 Å². The summed E-state index contributed by atoms with van der Waals surface area (Å²) in [5.41, 5.74) is 1.53. The highest BCUT2D eigenvalue weighted by molar-refractivity contribution is 8.00. The summed E-state index contributed by atoms with van der Waals surface area (Å²) in [5.74, 6) is 1.52. The number of hydrogen-bond acceptors (Lipinski definition) is 4. The highest BCUT2D eigenvalue weighted by Gasteiger charge is 2.22. The van der Waals surface area contributed by atoms with E-state index in [-0.39, 0.29) is 24.2 Å².